The summed E-state index contributed by atoms with van der Waals surface area (Å²) in [6.07, 6.45) is 0. The molecule has 0 unspecified atom stereocenters. The lowest BCUT2D eigenvalue weighted by Crippen LogP contribution is -2.36. The number of ether oxygens (including phenoxy) is 1. The van der Waals surface area contributed by atoms with Crippen molar-refractivity contribution in [3.05, 3.63) is 93.2 Å². The van der Waals surface area contributed by atoms with Crippen LogP contribution in [0.1, 0.15) is 0 Å². The van der Waals surface area contributed by atoms with Gasteiger partial charge in [0.05, 0.1) is 7.11 Å². The van der Waals surface area contributed by atoms with Crippen molar-refractivity contribution in [3.8, 4) is 16.9 Å². The van der Waals surface area contributed by atoms with Crippen LogP contribution >= 0.6 is 0 Å². The van der Waals surface area contributed by atoms with E-state index in [9.17, 15) is 9.59 Å². The summed E-state index contributed by atoms with van der Waals surface area (Å²) < 4.78 is 5.73. The summed E-state index contributed by atoms with van der Waals surface area (Å²) in [4.78, 5) is 23.7. The van der Waals surface area contributed by atoms with Crippen LogP contribution < -0.4 is 26.6 Å². The lowest BCUT2D eigenvalue weighted by Gasteiger charge is -2.20. The molecule has 0 aliphatic carbocycles. The molecule has 5 rings (SSSR count). The Bertz CT molecular complexity index is 1510. The molecule has 5 aromatic carbocycles. The second-order valence-corrected chi connectivity index (χ2v) is 7.15. The zero-order valence-electron chi connectivity index (χ0n) is 16.2. The third-order valence-corrected chi connectivity index (χ3v) is 5.50. The van der Waals surface area contributed by atoms with E-state index in [2.05, 4.69) is 5.32 Å². The molecule has 146 valence electrons. The Kier molecular flexibility index (Phi) is 4.03. The van der Waals surface area contributed by atoms with Gasteiger partial charge in [0.25, 0.3) is 10.9 Å². The average Bonchev–Trinajstić information content (AvgIpc) is 2.80. The van der Waals surface area contributed by atoms with Crippen LogP contribution in [0.25, 0.3) is 32.7 Å². The summed E-state index contributed by atoms with van der Waals surface area (Å²) in [5.74, 6) is 0.714. The lowest BCUT2D eigenvalue weighted by atomic mass is 9.91. The topological polar surface area (TPSA) is 81.4 Å². The number of nitrogens with one attached hydrogen (secondary N) is 1. The van der Waals surface area contributed by atoms with E-state index in [1.807, 2.05) is 72.8 Å². The Morgan fingerprint density at radius 1 is 0.733 bits per heavy atom. The van der Waals surface area contributed by atoms with Crippen LogP contribution in [0.4, 0.5) is 17.1 Å². The predicted molar refractivity (Wildman–Crippen MR) is 122 cm³/mol. The highest BCUT2D eigenvalue weighted by atomic mass is 16.5. The van der Waals surface area contributed by atoms with Gasteiger partial charge in [0.15, 0.2) is 0 Å². The molecule has 0 saturated heterocycles. The molecule has 0 saturated carbocycles. The van der Waals surface area contributed by atoms with Crippen molar-refractivity contribution in [1.29, 1.82) is 0 Å². The summed E-state index contributed by atoms with van der Waals surface area (Å²) in [6.45, 7) is 0. The second kappa shape index (κ2) is 6.74. The van der Waals surface area contributed by atoms with Crippen molar-refractivity contribution in [1.82, 2.24) is 0 Å². The van der Waals surface area contributed by atoms with Gasteiger partial charge in [-0.3, -0.25) is 9.59 Å². The van der Waals surface area contributed by atoms with E-state index in [1.54, 1.807) is 7.11 Å². The van der Waals surface area contributed by atoms with Crippen LogP contribution in [0, 0.1) is 0 Å². The zero-order chi connectivity index (χ0) is 20.8. The molecule has 0 atom stereocenters. The highest BCUT2D eigenvalue weighted by molar-refractivity contribution is 6.12. The smallest absolute Gasteiger partial charge is 0.253 e. The van der Waals surface area contributed by atoms with E-state index in [1.165, 1.54) is 0 Å². The highest BCUT2D eigenvalue weighted by Crippen LogP contribution is 2.45. The van der Waals surface area contributed by atoms with Crippen LogP contribution in [-0.4, -0.2) is 7.11 Å². The average molecular weight is 394 g/mol. The predicted octanol–water partition coefficient (Wildman–Crippen LogP) is 4.59. The molecule has 0 spiro atoms. The Morgan fingerprint density at radius 2 is 1.33 bits per heavy atom. The molecular weight excluding hydrogens is 376 g/mol. The molecular formula is C25H18N2O3. The molecule has 3 N–H and O–H groups in total. The summed E-state index contributed by atoms with van der Waals surface area (Å²) in [7, 11) is 1.64. The number of hydrogen-bond acceptors (Lipinski definition) is 5. The largest absolute Gasteiger partial charge is 0.496 e. The molecule has 0 fully saturated rings. The van der Waals surface area contributed by atoms with E-state index >= 15 is 0 Å². The Labute approximate surface area is 172 Å². The first-order chi connectivity index (χ1) is 14.6. The summed E-state index contributed by atoms with van der Waals surface area (Å²) in [6, 6.07) is 23.9. The molecule has 0 aromatic heterocycles. The molecule has 0 radical (unpaired) electrons. The van der Waals surface area contributed by atoms with Gasteiger partial charge >= 0.3 is 0 Å². The fourth-order valence-electron chi connectivity index (χ4n) is 3.99. The van der Waals surface area contributed by atoms with Crippen LogP contribution in [0.15, 0.2) is 82.4 Å². The lowest BCUT2D eigenvalue weighted by molar-refractivity contribution is 0.417. The minimum Gasteiger partial charge on any atom is -0.496 e. The van der Waals surface area contributed by atoms with E-state index in [0.717, 1.165) is 32.7 Å². The quantitative estimate of drug-likeness (QED) is 0.436. The maximum absolute atomic E-state index is 12.0. The molecule has 0 aliphatic heterocycles. The van der Waals surface area contributed by atoms with Gasteiger partial charge in [-0.05, 0) is 33.7 Å². The summed E-state index contributed by atoms with van der Waals surface area (Å²) >= 11 is 0. The monoisotopic (exact) mass is 394 g/mol. The number of benzene rings is 4. The minimum absolute atomic E-state index is 0.0380. The van der Waals surface area contributed by atoms with Crippen LogP contribution in [0.3, 0.4) is 0 Å². The standard InChI is InChI=1S/C25H18N2O3/c1-30-19-13-11-15-7-3-5-9-17(15)21(19)20-16-8-4-2-6-14(16)10-12-18(20)27-23-22(26)24(28)25(23)29/h2-13,27H,26H2,1H3. The number of methoxy groups -OCH3 is 1. The normalized spacial score (nSPS) is 11.2. The van der Waals surface area contributed by atoms with Gasteiger partial charge in [-0.1, -0.05) is 60.7 Å². The maximum Gasteiger partial charge on any atom is 0.253 e. The molecule has 30 heavy (non-hydrogen) atoms. The summed E-state index contributed by atoms with van der Waals surface area (Å²) in [5.41, 5.74) is 7.10. The van der Waals surface area contributed by atoms with Gasteiger partial charge in [0, 0.05) is 16.8 Å². The molecule has 0 heterocycles. The van der Waals surface area contributed by atoms with Crippen molar-refractivity contribution in [2.24, 2.45) is 0 Å². The minimum atomic E-state index is -0.650. The summed E-state index contributed by atoms with van der Waals surface area (Å²) in [5, 5.41) is 7.25. The first-order valence-corrected chi connectivity index (χ1v) is 9.54. The second-order valence-electron chi connectivity index (χ2n) is 7.15. The number of nitrogen functional groups attached to an aromatic ring is 1. The number of hydrogen-bond donors (Lipinski definition) is 2. The molecule has 5 heteroatoms. The molecule has 5 nitrogen and oxygen atoms in total. The van der Waals surface area contributed by atoms with Gasteiger partial charge < -0.3 is 15.8 Å². The number of anilines is 3. The number of nitrogens with two attached hydrogens (primary N) is 1. The van der Waals surface area contributed by atoms with Crippen LogP contribution in [-0.2, 0) is 0 Å². The van der Waals surface area contributed by atoms with Crippen LogP contribution in [0.2, 0.25) is 0 Å². The van der Waals surface area contributed by atoms with Crippen molar-refractivity contribution in [2.45, 2.75) is 0 Å². The fraction of sp³-hybridized carbons (Fsp3) is 0.0400. The van der Waals surface area contributed by atoms with E-state index in [-0.39, 0.29) is 11.4 Å². The van der Waals surface area contributed by atoms with Gasteiger partial charge in [-0.25, -0.2) is 0 Å². The molecule has 0 amide bonds. The Balaban J connectivity index is 1.88. The van der Waals surface area contributed by atoms with E-state index in [0.29, 0.717) is 11.4 Å². The first kappa shape index (κ1) is 17.9. The fourth-order valence-corrected chi connectivity index (χ4v) is 3.99. The number of rotatable bonds is 4. The first-order valence-electron chi connectivity index (χ1n) is 9.54. The third-order valence-electron chi connectivity index (χ3n) is 5.50. The van der Waals surface area contributed by atoms with Gasteiger partial charge in [0.2, 0.25) is 0 Å². The van der Waals surface area contributed by atoms with Crippen LogP contribution in [0.5, 0.6) is 5.75 Å². The number of fused-ring (bicyclic) bond motifs is 2. The maximum atomic E-state index is 12.0. The van der Waals surface area contributed by atoms with E-state index < -0.39 is 10.9 Å². The van der Waals surface area contributed by atoms with Gasteiger partial charge in [0.1, 0.15) is 17.1 Å². The Morgan fingerprint density at radius 3 is 1.97 bits per heavy atom. The van der Waals surface area contributed by atoms with E-state index in [4.69, 9.17) is 10.5 Å². The van der Waals surface area contributed by atoms with Crippen molar-refractivity contribution < 1.29 is 4.74 Å². The van der Waals surface area contributed by atoms with Gasteiger partial charge in [-0.15, -0.1) is 0 Å². The Hall–Kier alpha value is -4.12. The van der Waals surface area contributed by atoms with Crippen molar-refractivity contribution in [3.63, 3.8) is 0 Å². The third kappa shape index (κ3) is 2.56. The van der Waals surface area contributed by atoms with Crippen molar-refractivity contribution in [2.75, 3.05) is 18.2 Å². The zero-order valence-corrected chi connectivity index (χ0v) is 16.2. The SMILES string of the molecule is COc1ccc2ccccc2c1-c1c(Nc2c(N)c(=O)c2=O)ccc2ccccc12. The molecule has 0 aliphatic rings. The van der Waals surface area contributed by atoms with Crippen molar-refractivity contribution >= 4 is 38.6 Å². The molecule has 5 aromatic rings. The van der Waals surface area contributed by atoms with Gasteiger partial charge in [-0.2, -0.15) is 0 Å². The highest BCUT2D eigenvalue weighted by Gasteiger charge is 2.22. The molecule has 0 bridgehead atoms.